The van der Waals surface area contributed by atoms with E-state index < -0.39 is 0 Å². The Morgan fingerprint density at radius 2 is 2.13 bits per heavy atom. The van der Waals surface area contributed by atoms with Gasteiger partial charge in [0.05, 0.1) is 5.69 Å². The van der Waals surface area contributed by atoms with Crippen LogP contribution >= 0.6 is 17.0 Å². The second kappa shape index (κ2) is 3.77. The molecule has 0 atom stereocenters. The summed E-state index contributed by atoms with van der Waals surface area (Å²) in [5.41, 5.74) is 2.79. The summed E-state index contributed by atoms with van der Waals surface area (Å²) < 4.78 is 1.63. The molecular weight excluding hydrogens is 256 g/mol. The smallest absolute Gasteiger partial charge is 0.261 e. The first-order chi connectivity index (χ1) is 6.86. The Labute approximate surface area is 97.5 Å². The van der Waals surface area contributed by atoms with E-state index in [-0.39, 0.29) is 22.5 Å². The number of halogens is 1. The maximum atomic E-state index is 11.9. The maximum Gasteiger partial charge on any atom is 0.261 e. The van der Waals surface area contributed by atoms with E-state index in [1.54, 1.807) is 10.6 Å². The third-order valence-electron chi connectivity index (χ3n) is 2.75. The van der Waals surface area contributed by atoms with E-state index in [0.29, 0.717) is 0 Å². The van der Waals surface area contributed by atoms with E-state index in [4.69, 9.17) is 0 Å². The second-order valence-electron chi connectivity index (χ2n) is 3.62. The number of aryl methyl sites for hydroxylation is 1. The van der Waals surface area contributed by atoms with Gasteiger partial charge >= 0.3 is 0 Å². The molecule has 3 rings (SSSR count). The monoisotopic (exact) mass is 266 g/mol. The van der Waals surface area contributed by atoms with Crippen molar-refractivity contribution in [3.05, 3.63) is 46.0 Å². The van der Waals surface area contributed by atoms with Crippen molar-refractivity contribution in [1.29, 1.82) is 0 Å². The molecule has 2 aromatic heterocycles. The third-order valence-corrected chi connectivity index (χ3v) is 2.75. The SMILES string of the molecule is Br.O=c1c2c(nc3ccccn13)CCC2. The molecule has 0 fully saturated rings. The van der Waals surface area contributed by atoms with E-state index in [9.17, 15) is 4.79 Å². The first-order valence-corrected chi connectivity index (χ1v) is 4.85. The molecule has 0 N–H and O–H groups in total. The van der Waals surface area contributed by atoms with Gasteiger partial charge in [-0.05, 0) is 31.4 Å². The molecule has 2 aromatic rings. The third kappa shape index (κ3) is 1.49. The van der Waals surface area contributed by atoms with Crippen molar-refractivity contribution >= 4 is 22.6 Å². The zero-order valence-electron chi connectivity index (χ0n) is 8.14. The Bertz CT molecular complexity index is 562. The Morgan fingerprint density at radius 1 is 1.27 bits per heavy atom. The van der Waals surface area contributed by atoms with Crippen molar-refractivity contribution in [2.24, 2.45) is 0 Å². The van der Waals surface area contributed by atoms with Crippen LogP contribution in [0.1, 0.15) is 17.7 Å². The number of rotatable bonds is 0. The highest BCUT2D eigenvalue weighted by Gasteiger charge is 2.17. The molecule has 78 valence electrons. The van der Waals surface area contributed by atoms with Crippen LogP contribution in [0.3, 0.4) is 0 Å². The number of pyridine rings is 1. The van der Waals surface area contributed by atoms with Crippen molar-refractivity contribution in [3.63, 3.8) is 0 Å². The van der Waals surface area contributed by atoms with E-state index in [1.165, 1.54) is 0 Å². The Morgan fingerprint density at radius 3 is 3.00 bits per heavy atom. The van der Waals surface area contributed by atoms with Crippen LogP contribution in [0.4, 0.5) is 0 Å². The molecule has 2 heterocycles. The van der Waals surface area contributed by atoms with Crippen LogP contribution in [0.15, 0.2) is 29.2 Å². The largest absolute Gasteiger partial charge is 0.269 e. The van der Waals surface area contributed by atoms with Crippen LogP contribution in [0.5, 0.6) is 0 Å². The van der Waals surface area contributed by atoms with Crippen molar-refractivity contribution in [1.82, 2.24) is 9.38 Å². The van der Waals surface area contributed by atoms with Gasteiger partial charge in [0.15, 0.2) is 0 Å². The lowest BCUT2D eigenvalue weighted by Crippen LogP contribution is -2.19. The Hall–Kier alpha value is -1.16. The van der Waals surface area contributed by atoms with Crippen LogP contribution in [0.2, 0.25) is 0 Å². The van der Waals surface area contributed by atoms with Crippen molar-refractivity contribution in [2.45, 2.75) is 19.3 Å². The molecule has 15 heavy (non-hydrogen) atoms. The molecule has 0 unspecified atom stereocenters. The van der Waals surface area contributed by atoms with Crippen molar-refractivity contribution in [2.75, 3.05) is 0 Å². The first kappa shape index (κ1) is 10.4. The zero-order valence-corrected chi connectivity index (χ0v) is 9.85. The van der Waals surface area contributed by atoms with Crippen LogP contribution < -0.4 is 5.56 Å². The van der Waals surface area contributed by atoms with Gasteiger partial charge in [-0.15, -0.1) is 17.0 Å². The fourth-order valence-corrected chi connectivity index (χ4v) is 2.06. The summed E-state index contributed by atoms with van der Waals surface area (Å²) in [5, 5.41) is 0. The minimum Gasteiger partial charge on any atom is -0.269 e. The summed E-state index contributed by atoms with van der Waals surface area (Å²) in [6, 6.07) is 5.64. The highest BCUT2D eigenvalue weighted by atomic mass is 79.9. The molecule has 0 spiro atoms. The van der Waals surface area contributed by atoms with E-state index in [0.717, 1.165) is 36.2 Å². The normalized spacial score (nSPS) is 13.6. The number of fused-ring (bicyclic) bond motifs is 2. The van der Waals surface area contributed by atoms with Gasteiger partial charge < -0.3 is 0 Å². The molecule has 0 saturated heterocycles. The standard InChI is InChI=1S/C11H10N2O.BrH/c14-11-8-4-3-5-9(8)12-10-6-1-2-7-13(10)11;/h1-2,6-7H,3-5H2;1H. The number of hydrogen-bond donors (Lipinski definition) is 0. The van der Waals surface area contributed by atoms with Crippen LogP contribution in [-0.2, 0) is 12.8 Å². The highest BCUT2D eigenvalue weighted by molar-refractivity contribution is 8.93. The lowest BCUT2D eigenvalue weighted by molar-refractivity contribution is 0.899. The molecule has 0 aliphatic heterocycles. The van der Waals surface area contributed by atoms with Gasteiger partial charge in [-0.25, -0.2) is 4.98 Å². The minimum absolute atomic E-state index is 0. The van der Waals surface area contributed by atoms with Gasteiger partial charge in [0.1, 0.15) is 5.65 Å². The first-order valence-electron chi connectivity index (χ1n) is 4.85. The van der Waals surface area contributed by atoms with Gasteiger partial charge in [-0.3, -0.25) is 9.20 Å². The van der Waals surface area contributed by atoms with Crippen LogP contribution in [0, 0.1) is 0 Å². The quantitative estimate of drug-likeness (QED) is 0.729. The van der Waals surface area contributed by atoms with Gasteiger partial charge in [0.25, 0.3) is 5.56 Å². The molecule has 0 aromatic carbocycles. The molecular formula is C11H11BrN2O. The predicted octanol–water partition coefficient (Wildman–Crippen LogP) is 1.76. The fraction of sp³-hybridized carbons (Fsp3) is 0.273. The van der Waals surface area contributed by atoms with Gasteiger partial charge in [0.2, 0.25) is 0 Å². The van der Waals surface area contributed by atoms with E-state index in [1.807, 2.05) is 18.2 Å². The molecule has 0 amide bonds. The van der Waals surface area contributed by atoms with Gasteiger partial charge in [-0.2, -0.15) is 0 Å². The predicted molar refractivity (Wildman–Crippen MR) is 63.8 cm³/mol. The molecule has 0 saturated carbocycles. The molecule has 1 aliphatic rings. The summed E-state index contributed by atoms with van der Waals surface area (Å²) in [6.07, 6.45) is 4.69. The average molecular weight is 267 g/mol. The summed E-state index contributed by atoms with van der Waals surface area (Å²) in [6.45, 7) is 0. The summed E-state index contributed by atoms with van der Waals surface area (Å²) >= 11 is 0. The lowest BCUT2D eigenvalue weighted by Gasteiger charge is -2.02. The summed E-state index contributed by atoms with van der Waals surface area (Å²) in [5.74, 6) is 0. The zero-order chi connectivity index (χ0) is 9.54. The second-order valence-corrected chi connectivity index (χ2v) is 3.62. The maximum absolute atomic E-state index is 11.9. The topological polar surface area (TPSA) is 34.4 Å². The molecule has 1 aliphatic carbocycles. The van der Waals surface area contributed by atoms with Gasteiger partial charge in [0, 0.05) is 11.8 Å². The van der Waals surface area contributed by atoms with Crippen molar-refractivity contribution < 1.29 is 0 Å². The minimum atomic E-state index is 0. The van der Waals surface area contributed by atoms with Gasteiger partial charge in [-0.1, -0.05) is 6.07 Å². The molecule has 3 nitrogen and oxygen atoms in total. The van der Waals surface area contributed by atoms with Crippen molar-refractivity contribution in [3.8, 4) is 0 Å². The highest BCUT2D eigenvalue weighted by Crippen LogP contribution is 2.16. The molecule has 4 heteroatoms. The Balaban J connectivity index is 0.000000853. The lowest BCUT2D eigenvalue weighted by atomic mass is 10.2. The van der Waals surface area contributed by atoms with E-state index in [2.05, 4.69) is 4.98 Å². The van der Waals surface area contributed by atoms with E-state index >= 15 is 0 Å². The summed E-state index contributed by atoms with van der Waals surface area (Å²) in [7, 11) is 0. The number of hydrogen-bond acceptors (Lipinski definition) is 2. The molecule has 0 bridgehead atoms. The number of nitrogens with zero attached hydrogens (tertiary/aromatic N) is 2. The number of aromatic nitrogens is 2. The fourth-order valence-electron chi connectivity index (χ4n) is 2.06. The van der Waals surface area contributed by atoms with Crippen LogP contribution in [0.25, 0.3) is 5.65 Å². The average Bonchev–Trinajstić information content (AvgIpc) is 2.66. The summed E-state index contributed by atoms with van der Waals surface area (Å²) in [4.78, 5) is 16.4. The van der Waals surface area contributed by atoms with Crippen LogP contribution in [-0.4, -0.2) is 9.38 Å². The molecule has 0 radical (unpaired) electrons. The Kier molecular flexibility index (Phi) is 2.61.